The molecule has 0 aromatic heterocycles. The number of carbonyl (C=O) groups is 2. The van der Waals surface area contributed by atoms with Gasteiger partial charge in [-0.3, -0.25) is 4.79 Å². The van der Waals surface area contributed by atoms with Gasteiger partial charge < -0.3 is 10.1 Å². The normalized spacial score (nSPS) is 11.3. The first-order valence-corrected chi connectivity index (χ1v) is 10.8. The van der Waals surface area contributed by atoms with Gasteiger partial charge in [0.25, 0.3) is 5.91 Å². The molecule has 0 atom stereocenters. The highest BCUT2D eigenvalue weighted by Gasteiger charge is 2.23. The monoisotopic (exact) mass is 438 g/mol. The van der Waals surface area contributed by atoms with E-state index in [2.05, 4.69) is 5.32 Å². The van der Waals surface area contributed by atoms with Gasteiger partial charge in [-0.2, -0.15) is 4.31 Å². The third kappa shape index (κ3) is 5.56. The van der Waals surface area contributed by atoms with Crippen molar-refractivity contribution < 1.29 is 22.7 Å². The Bertz CT molecular complexity index is 1000. The number of amides is 1. The van der Waals surface area contributed by atoms with Gasteiger partial charge in [0.15, 0.2) is 6.61 Å². The van der Waals surface area contributed by atoms with E-state index in [1.165, 1.54) is 28.6 Å². The number of nitrogens with zero attached hydrogens (tertiary/aromatic N) is 1. The van der Waals surface area contributed by atoms with Crippen LogP contribution in [0.4, 0.5) is 5.69 Å². The van der Waals surface area contributed by atoms with Gasteiger partial charge in [-0.05, 0) is 42.8 Å². The lowest BCUT2D eigenvalue weighted by atomic mass is 10.2. The van der Waals surface area contributed by atoms with Crippen LogP contribution in [0.3, 0.4) is 0 Å². The number of benzene rings is 2. The molecule has 2 aromatic rings. The molecule has 0 aliphatic carbocycles. The highest BCUT2D eigenvalue weighted by Crippen LogP contribution is 2.23. The van der Waals surface area contributed by atoms with Crippen molar-refractivity contribution in [3.8, 4) is 0 Å². The van der Waals surface area contributed by atoms with Crippen molar-refractivity contribution in [3.05, 3.63) is 58.6 Å². The maximum absolute atomic E-state index is 12.6. The molecule has 156 valence electrons. The third-order valence-electron chi connectivity index (χ3n) is 4.29. The lowest BCUT2D eigenvalue weighted by Gasteiger charge is -2.18. The summed E-state index contributed by atoms with van der Waals surface area (Å²) in [5.74, 6) is -1.32. The Hall–Kier alpha value is -2.42. The SMILES string of the molecule is CCN(CC)S(=O)(=O)c1cccc(C(=O)OCC(=O)Nc2cccc(Cl)c2C)c1. The van der Waals surface area contributed by atoms with Gasteiger partial charge in [-0.15, -0.1) is 0 Å². The highest BCUT2D eigenvalue weighted by atomic mass is 35.5. The topological polar surface area (TPSA) is 92.8 Å². The van der Waals surface area contributed by atoms with Gasteiger partial charge in [0.2, 0.25) is 10.0 Å². The Kier molecular flexibility index (Phi) is 7.78. The average molecular weight is 439 g/mol. The molecule has 0 unspecified atom stereocenters. The third-order valence-corrected chi connectivity index (χ3v) is 6.74. The summed E-state index contributed by atoms with van der Waals surface area (Å²) >= 11 is 6.01. The molecule has 0 aliphatic rings. The molecule has 2 rings (SSSR count). The number of sulfonamides is 1. The summed E-state index contributed by atoms with van der Waals surface area (Å²) in [6, 6.07) is 10.6. The standard InChI is InChI=1S/C20H23ClN2O5S/c1-4-23(5-2)29(26,27)16-9-6-8-15(12-16)20(25)28-13-19(24)22-18-11-7-10-17(21)14(18)3/h6-12H,4-5,13H2,1-3H3,(H,22,24). The van der Waals surface area contributed by atoms with Gasteiger partial charge in [-0.1, -0.05) is 37.6 Å². The van der Waals surface area contributed by atoms with Crippen LogP contribution in [0.2, 0.25) is 5.02 Å². The summed E-state index contributed by atoms with van der Waals surface area (Å²) < 4.78 is 31.5. The molecule has 0 spiro atoms. The Labute approximate surface area is 175 Å². The minimum atomic E-state index is -3.70. The van der Waals surface area contributed by atoms with Crippen molar-refractivity contribution >= 4 is 39.2 Å². The van der Waals surface area contributed by atoms with Gasteiger partial charge in [0, 0.05) is 23.8 Å². The van der Waals surface area contributed by atoms with Crippen molar-refractivity contribution in [2.75, 3.05) is 25.0 Å². The molecule has 9 heteroatoms. The van der Waals surface area contributed by atoms with E-state index in [4.69, 9.17) is 16.3 Å². The lowest BCUT2D eigenvalue weighted by molar-refractivity contribution is -0.119. The van der Waals surface area contributed by atoms with Gasteiger partial charge in [0.1, 0.15) is 0 Å². The van der Waals surface area contributed by atoms with Crippen molar-refractivity contribution in [1.29, 1.82) is 0 Å². The molecular weight excluding hydrogens is 416 g/mol. The number of halogens is 1. The fourth-order valence-electron chi connectivity index (χ4n) is 2.64. The summed E-state index contributed by atoms with van der Waals surface area (Å²) in [4.78, 5) is 24.3. The quantitative estimate of drug-likeness (QED) is 0.637. The molecule has 0 saturated carbocycles. The van der Waals surface area contributed by atoms with E-state index < -0.39 is 28.5 Å². The van der Waals surface area contributed by atoms with Crippen molar-refractivity contribution in [1.82, 2.24) is 4.31 Å². The fraction of sp³-hybridized carbons (Fsp3) is 0.300. The van der Waals surface area contributed by atoms with Gasteiger partial charge in [-0.25, -0.2) is 13.2 Å². The van der Waals surface area contributed by atoms with E-state index in [0.717, 1.165) is 0 Å². The summed E-state index contributed by atoms with van der Waals surface area (Å²) in [6.07, 6.45) is 0. The van der Waals surface area contributed by atoms with Crippen LogP contribution in [0.1, 0.15) is 29.8 Å². The molecule has 0 heterocycles. The van der Waals surface area contributed by atoms with Crippen LogP contribution < -0.4 is 5.32 Å². The number of anilines is 1. The smallest absolute Gasteiger partial charge is 0.338 e. The van der Waals surface area contributed by atoms with Crippen LogP contribution in [0.25, 0.3) is 0 Å². The van der Waals surface area contributed by atoms with Crippen LogP contribution in [0, 0.1) is 6.92 Å². The second-order valence-electron chi connectivity index (χ2n) is 6.15. The number of ether oxygens (including phenoxy) is 1. The Balaban J connectivity index is 2.06. The maximum atomic E-state index is 12.6. The lowest BCUT2D eigenvalue weighted by Crippen LogP contribution is -2.30. The molecule has 0 saturated heterocycles. The summed E-state index contributed by atoms with van der Waals surface area (Å²) in [5, 5.41) is 3.13. The number of hydrogen-bond donors (Lipinski definition) is 1. The van der Waals surface area contributed by atoms with E-state index in [9.17, 15) is 18.0 Å². The second kappa shape index (κ2) is 9.87. The first-order valence-electron chi connectivity index (χ1n) is 9.03. The van der Waals surface area contributed by atoms with Gasteiger partial charge >= 0.3 is 5.97 Å². The first-order chi connectivity index (χ1) is 13.7. The summed E-state index contributed by atoms with van der Waals surface area (Å²) in [5.41, 5.74) is 1.26. The predicted octanol–water partition coefficient (Wildman–Crippen LogP) is 3.47. The molecular formula is C20H23ClN2O5S. The number of hydrogen-bond acceptors (Lipinski definition) is 5. The van der Waals surface area contributed by atoms with Crippen LogP contribution in [0.5, 0.6) is 0 Å². The molecule has 0 bridgehead atoms. The molecule has 29 heavy (non-hydrogen) atoms. The summed E-state index contributed by atoms with van der Waals surface area (Å²) in [6.45, 7) is 5.34. The molecule has 2 aromatic carbocycles. The first kappa shape index (κ1) is 22.9. The molecule has 7 nitrogen and oxygen atoms in total. The van der Waals surface area contributed by atoms with Crippen molar-refractivity contribution in [2.45, 2.75) is 25.7 Å². The fourth-order valence-corrected chi connectivity index (χ4v) is 4.32. The minimum absolute atomic E-state index is 0.00495. The molecule has 1 N–H and O–H groups in total. The van der Waals surface area contributed by atoms with E-state index >= 15 is 0 Å². The predicted molar refractivity (Wildman–Crippen MR) is 112 cm³/mol. The van der Waals surface area contributed by atoms with Crippen molar-refractivity contribution in [2.24, 2.45) is 0 Å². The van der Waals surface area contributed by atoms with Gasteiger partial charge in [0.05, 0.1) is 10.5 Å². The zero-order valence-electron chi connectivity index (χ0n) is 16.4. The zero-order chi connectivity index (χ0) is 21.6. The summed E-state index contributed by atoms with van der Waals surface area (Å²) in [7, 11) is -3.70. The Morgan fingerprint density at radius 1 is 1.10 bits per heavy atom. The molecule has 0 aliphatic heterocycles. The molecule has 0 radical (unpaired) electrons. The Morgan fingerprint density at radius 2 is 1.76 bits per heavy atom. The van der Waals surface area contributed by atoms with E-state index in [1.807, 2.05) is 0 Å². The highest BCUT2D eigenvalue weighted by molar-refractivity contribution is 7.89. The van der Waals surface area contributed by atoms with E-state index in [1.54, 1.807) is 39.0 Å². The van der Waals surface area contributed by atoms with Crippen LogP contribution in [-0.4, -0.2) is 44.3 Å². The van der Waals surface area contributed by atoms with E-state index in [0.29, 0.717) is 29.4 Å². The number of carbonyl (C=O) groups excluding carboxylic acids is 2. The zero-order valence-corrected chi connectivity index (χ0v) is 18.0. The average Bonchev–Trinajstić information content (AvgIpc) is 2.70. The number of nitrogens with one attached hydrogen (secondary N) is 1. The van der Waals surface area contributed by atoms with Crippen LogP contribution in [-0.2, 0) is 19.6 Å². The number of rotatable bonds is 8. The maximum Gasteiger partial charge on any atom is 0.338 e. The minimum Gasteiger partial charge on any atom is -0.452 e. The van der Waals surface area contributed by atoms with Crippen LogP contribution in [0.15, 0.2) is 47.4 Å². The molecule has 0 fully saturated rings. The van der Waals surface area contributed by atoms with Crippen LogP contribution >= 0.6 is 11.6 Å². The Morgan fingerprint density at radius 3 is 2.41 bits per heavy atom. The van der Waals surface area contributed by atoms with E-state index in [-0.39, 0.29) is 10.5 Å². The number of esters is 1. The second-order valence-corrected chi connectivity index (χ2v) is 8.50. The molecule has 1 amide bonds. The van der Waals surface area contributed by atoms with Crippen molar-refractivity contribution in [3.63, 3.8) is 0 Å². The largest absolute Gasteiger partial charge is 0.452 e.